The Balaban J connectivity index is 1.60. The SMILES string of the molecule is O=C(Nc1nc(-c2ccc3[nH]c(=O)oc3c2)cs1)c1ccccc1C(F)(F)F. The van der Waals surface area contributed by atoms with Crippen LogP contribution in [0, 0.1) is 0 Å². The minimum atomic E-state index is -4.64. The van der Waals surface area contributed by atoms with Crippen LogP contribution in [0.3, 0.4) is 0 Å². The van der Waals surface area contributed by atoms with E-state index in [1.807, 2.05) is 0 Å². The van der Waals surface area contributed by atoms with Crippen molar-refractivity contribution in [2.45, 2.75) is 6.18 Å². The number of carbonyl (C=O) groups excluding carboxylic acids is 1. The fourth-order valence-electron chi connectivity index (χ4n) is 2.66. The molecule has 10 heteroatoms. The number of fused-ring (bicyclic) bond motifs is 1. The summed E-state index contributed by atoms with van der Waals surface area (Å²) in [5.74, 6) is -1.48. The number of oxazole rings is 1. The van der Waals surface area contributed by atoms with Crippen molar-refractivity contribution in [2.75, 3.05) is 5.32 Å². The topological polar surface area (TPSA) is 88.0 Å². The van der Waals surface area contributed by atoms with Gasteiger partial charge in [0.05, 0.1) is 22.3 Å². The number of aromatic amines is 1. The van der Waals surface area contributed by atoms with Gasteiger partial charge in [0.25, 0.3) is 5.91 Å². The molecule has 0 atom stereocenters. The number of anilines is 1. The van der Waals surface area contributed by atoms with Crippen LogP contribution >= 0.6 is 11.3 Å². The number of benzene rings is 2. The fourth-order valence-corrected chi connectivity index (χ4v) is 3.38. The molecule has 0 saturated heterocycles. The van der Waals surface area contributed by atoms with Crippen molar-refractivity contribution in [1.29, 1.82) is 0 Å². The van der Waals surface area contributed by atoms with E-state index in [9.17, 15) is 22.8 Å². The molecule has 0 fully saturated rings. The summed E-state index contributed by atoms with van der Waals surface area (Å²) in [6.07, 6.45) is -4.64. The number of halogens is 3. The molecule has 0 bridgehead atoms. The van der Waals surface area contributed by atoms with Crippen LogP contribution in [0.5, 0.6) is 0 Å². The van der Waals surface area contributed by atoms with Gasteiger partial charge in [0.1, 0.15) is 0 Å². The van der Waals surface area contributed by atoms with Crippen molar-refractivity contribution in [3.63, 3.8) is 0 Å². The molecule has 6 nitrogen and oxygen atoms in total. The van der Waals surface area contributed by atoms with E-state index in [0.29, 0.717) is 22.4 Å². The Bertz CT molecular complexity index is 1240. The zero-order chi connectivity index (χ0) is 19.9. The van der Waals surface area contributed by atoms with Gasteiger partial charge in [-0.25, -0.2) is 9.78 Å². The third-order valence-corrected chi connectivity index (χ3v) is 4.68. The minimum Gasteiger partial charge on any atom is -0.408 e. The zero-order valence-electron chi connectivity index (χ0n) is 13.8. The Hall–Kier alpha value is -3.40. The van der Waals surface area contributed by atoms with Crippen LogP contribution in [-0.2, 0) is 6.18 Å². The lowest BCUT2D eigenvalue weighted by Crippen LogP contribution is -2.18. The molecular weight excluding hydrogens is 395 g/mol. The molecule has 0 aliphatic heterocycles. The van der Waals surface area contributed by atoms with E-state index in [1.165, 1.54) is 12.1 Å². The van der Waals surface area contributed by atoms with Gasteiger partial charge in [-0.05, 0) is 24.3 Å². The van der Waals surface area contributed by atoms with Crippen molar-refractivity contribution < 1.29 is 22.4 Å². The van der Waals surface area contributed by atoms with Gasteiger partial charge >= 0.3 is 11.9 Å². The van der Waals surface area contributed by atoms with Crippen molar-refractivity contribution in [3.8, 4) is 11.3 Å². The Kier molecular flexibility index (Phi) is 4.27. The van der Waals surface area contributed by atoms with Gasteiger partial charge < -0.3 is 4.42 Å². The van der Waals surface area contributed by atoms with Crippen LogP contribution in [-0.4, -0.2) is 15.9 Å². The molecule has 1 amide bonds. The van der Waals surface area contributed by atoms with Crippen molar-refractivity contribution in [1.82, 2.24) is 9.97 Å². The molecule has 2 aromatic carbocycles. The summed E-state index contributed by atoms with van der Waals surface area (Å²) in [5, 5.41) is 4.17. The van der Waals surface area contributed by atoms with Gasteiger partial charge in [-0.2, -0.15) is 13.2 Å². The molecule has 0 aliphatic rings. The number of rotatable bonds is 3. The highest BCUT2D eigenvalue weighted by Crippen LogP contribution is 2.33. The van der Waals surface area contributed by atoms with Gasteiger partial charge in [0.15, 0.2) is 10.7 Å². The lowest BCUT2D eigenvalue weighted by atomic mass is 10.1. The molecule has 2 heterocycles. The number of amides is 1. The number of nitrogens with zero attached hydrogens (tertiary/aromatic N) is 1. The molecule has 0 radical (unpaired) electrons. The molecule has 4 rings (SSSR count). The number of hydrogen-bond donors (Lipinski definition) is 2. The maximum Gasteiger partial charge on any atom is 0.417 e. The van der Waals surface area contributed by atoms with Crippen molar-refractivity contribution >= 4 is 33.5 Å². The molecule has 0 unspecified atom stereocenters. The highest BCUT2D eigenvalue weighted by Gasteiger charge is 2.35. The standard InChI is InChI=1S/C18H10F3N3O3S/c19-18(20,21)11-4-2-1-3-10(11)15(25)24-16-22-13(8-28-16)9-5-6-12-14(7-9)27-17(26)23-12/h1-8H,(H,23,26)(H,22,24,25). The maximum atomic E-state index is 13.1. The van der Waals surface area contributed by atoms with E-state index < -0.39 is 29.0 Å². The van der Waals surface area contributed by atoms with Crippen LogP contribution in [0.25, 0.3) is 22.4 Å². The lowest BCUT2D eigenvalue weighted by Gasteiger charge is -2.11. The number of alkyl halides is 3. The second-order valence-corrected chi connectivity index (χ2v) is 6.62. The number of hydrogen-bond acceptors (Lipinski definition) is 5. The van der Waals surface area contributed by atoms with Crippen molar-refractivity contribution in [2.24, 2.45) is 0 Å². The Morgan fingerprint density at radius 3 is 2.75 bits per heavy atom. The minimum absolute atomic E-state index is 0.146. The van der Waals surface area contributed by atoms with E-state index in [-0.39, 0.29) is 5.13 Å². The van der Waals surface area contributed by atoms with E-state index in [0.717, 1.165) is 23.5 Å². The Morgan fingerprint density at radius 1 is 1.18 bits per heavy atom. The van der Waals surface area contributed by atoms with Crippen LogP contribution in [0.15, 0.2) is 57.1 Å². The third-order valence-electron chi connectivity index (χ3n) is 3.92. The Morgan fingerprint density at radius 2 is 1.96 bits per heavy atom. The molecule has 0 saturated carbocycles. The number of aromatic nitrogens is 2. The number of thiazole rings is 1. The van der Waals surface area contributed by atoms with Crippen LogP contribution < -0.4 is 11.1 Å². The summed E-state index contributed by atoms with van der Waals surface area (Å²) >= 11 is 1.07. The van der Waals surface area contributed by atoms with E-state index >= 15 is 0 Å². The number of H-pyrrole nitrogens is 1. The predicted octanol–water partition coefficient (Wildman–Crippen LogP) is 4.52. The fraction of sp³-hybridized carbons (Fsp3) is 0.0556. The summed E-state index contributed by atoms with van der Waals surface area (Å²) in [5.41, 5.74) is 0.485. The monoisotopic (exact) mass is 405 g/mol. The van der Waals surface area contributed by atoms with Crippen LogP contribution in [0.1, 0.15) is 15.9 Å². The molecule has 2 aromatic heterocycles. The molecule has 28 heavy (non-hydrogen) atoms. The number of nitrogens with one attached hydrogen (secondary N) is 2. The average Bonchev–Trinajstić information content (AvgIpc) is 3.25. The first kappa shape index (κ1) is 18.0. The molecule has 0 aliphatic carbocycles. The first-order valence-electron chi connectivity index (χ1n) is 7.87. The summed E-state index contributed by atoms with van der Waals surface area (Å²) in [6, 6.07) is 9.48. The lowest BCUT2D eigenvalue weighted by molar-refractivity contribution is -0.137. The largest absolute Gasteiger partial charge is 0.417 e. The molecule has 2 N–H and O–H groups in total. The summed E-state index contributed by atoms with van der Waals surface area (Å²) in [6.45, 7) is 0. The van der Waals surface area contributed by atoms with Gasteiger partial charge in [-0.15, -0.1) is 11.3 Å². The van der Waals surface area contributed by atoms with E-state index in [4.69, 9.17) is 4.42 Å². The summed E-state index contributed by atoms with van der Waals surface area (Å²) < 4.78 is 44.2. The molecule has 142 valence electrons. The average molecular weight is 405 g/mol. The third kappa shape index (κ3) is 3.41. The molecule has 0 spiro atoms. The van der Waals surface area contributed by atoms with Gasteiger partial charge in [0, 0.05) is 10.9 Å². The first-order chi connectivity index (χ1) is 13.3. The van der Waals surface area contributed by atoms with Crippen LogP contribution in [0.4, 0.5) is 18.3 Å². The normalized spacial score (nSPS) is 11.7. The smallest absolute Gasteiger partial charge is 0.408 e. The number of carbonyl (C=O) groups is 1. The highest BCUT2D eigenvalue weighted by molar-refractivity contribution is 7.14. The molecule has 4 aromatic rings. The quantitative estimate of drug-likeness (QED) is 0.525. The predicted molar refractivity (Wildman–Crippen MR) is 97.3 cm³/mol. The van der Waals surface area contributed by atoms with Crippen molar-refractivity contribution in [3.05, 3.63) is 69.5 Å². The van der Waals surface area contributed by atoms with Gasteiger partial charge in [-0.1, -0.05) is 18.2 Å². The highest BCUT2D eigenvalue weighted by atomic mass is 32.1. The summed E-state index contributed by atoms with van der Waals surface area (Å²) in [4.78, 5) is 30.3. The second kappa shape index (κ2) is 6.64. The summed E-state index contributed by atoms with van der Waals surface area (Å²) in [7, 11) is 0. The van der Waals surface area contributed by atoms with Gasteiger partial charge in [0.2, 0.25) is 0 Å². The van der Waals surface area contributed by atoms with E-state index in [2.05, 4.69) is 15.3 Å². The van der Waals surface area contributed by atoms with Gasteiger partial charge in [-0.3, -0.25) is 15.1 Å². The maximum absolute atomic E-state index is 13.1. The second-order valence-electron chi connectivity index (χ2n) is 5.76. The first-order valence-corrected chi connectivity index (χ1v) is 8.75. The Labute approximate surface area is 158 Å². The zero-order valence-corrected chi connectivity index (χ0v) is 14.6. The molecular formula is C18H10F3N3O3S. The van der Waals surface area contributed by atoms with Crippen LogP contribution in [0.2, 0.25) is 0 Å². The van der Waals surface area contributed by atoms with E-state index in [1.54, 1.807) is 23.6 Å².